The van der Waals surface area contributed by atoms with Crippen LogP contribution in [0, 0.1) is 5.92 Å². The third-order valence-corrected chi connectivity index (χ3v) is 0.900. The smallest absolute Gasteiger partial charge is 0.245 e. The minimum absolute atomic E-state index is 1.06. The van der Waals surface area contributed by atoms with Gasteiger partial charge in [-0.05, 0) is 0 Å². The molecule has 0 saturated carbocycles. The van der Waals surface area contributed by atoms with Crippen molar-refractivity contribution in [2.45, 2.75) is 19.6 Å². The average molecular weight is 127 g/mol. The highest BCUT2D eigenvalue weighted by atomic mass is 19.3. The Morgan fingerprint density at radius 2 is 1.62 bits per heavy atom. The predicted octanol–water partition coefficient (Wildman–Crippen LogP) is 1.14. The van der Waals surface area contributed by atoms with E-state index in [1.54, 1.807) is 0 Å². The molecule has 0 amide bonds. The van der Waals surface area contributed by atoms with E-state index in [2.05, 4.69) is 5.73 Å². The van der Waals surface area contributed by atoms with Crippen molar-refractivity contribution < 1.29 is 13.2 Å². The summed E-state index contributed by atoms with van der Waals surface area (Å²) in [5.74, 6) is -1.35. The predicted molar refractivity (Wildman–Crippen MR) is 24.3 cm³/mol. The number of nitrogens with two attached hydrogens (primary N) is 1. The fourth-order valence-electron chi connectivity index (χ4n) is 0.139. The Balaban J connectivity index is 3.46. The average Bonchev–Trinajstić information content (AvgIpc) is 1.64. The van der Waals surface area contributed by atoms with Gasteiger partial charge in [0.05, 0.1) is 5.92 Å². The Labute approximate surface area is 45.7 Å². The number of halogens is 3. The molecule has 0 bridgehead atoms. The van der Waals surface area contributed by atoms with E-state index in [9.17, 15) is 13.2 Å². The summed E-state index contributed by atoms with van der Waals surface area (Å²) in [6, 6.07) is 0. The summed E-state index contributed by atoms with van der Waals surface area (Å²) >= 11 is 0. The van der Waals surface area contributed by atoms with Crippen molar-refractivity contribution in [3.05, 3.63) is 0 Å². The Hall–Kier alpha value is -0.250. The first-order valence-corrected chi connectivity index (χ1v) is 2.23. The third kappa shape index (κ3) is 2.16. The molecule has 2 unspecified atom stereocenters. The molecule has 0 rings (SSSR count). The molecule has 0 aromatic heterocycles. The Kier molecular flexibility index (Phi) is 2.82. The summed E-state index contributed by atoms with van der Waals surface area (Å²) < 4.78 is 34.4. The van der Waals surface area contributed by atoms with Crippen LogP contribution in [0.4, 0.5) is 13.2 Å². The molecule has 50 valence electrons. The highest BCUT2D eigenvalue weighted by Gasteiger charge is 2.21. The van der Waals surface area contributed by atoms with Crippen LogP contribution in [0.5, 0.6) is 0 Å². The zero-order valence-corrected chi connectivity index (χ0v) is 4.44. The molecule has 0 heterocycles. The molecule has 2 N–H and O–H groups in total. The molecule has 0 aromatic rings. The number of hydrogen-bond acceptors (Lipinski definition) is 1. The van der Waals surface area contributed by atoms with Crippen LogP contribution in [0.1, 0.15) is 6.92 Å². The van der Waals surface area contributed by atoms with Crippen molar-refractivity contribution in [3.8, 4) is 0 Å². The van der Waals surface area contributed by atoms with Gasteiger partial charge in [0.1, 0.15) is 0 Å². The summed E-state index contributed by atoms with van der Waals surface area (Å²) in [5, 5.41) is 0. The molecule has 0 radical (unpaired) electrons. The molecule has 0 aliphatic heterocycles. The van der Waals surface area contributed by atoms with Crippen molar-refractivity contribution in [2.24, 2.45) is 11.7 Å². The summed E-state index contributed by atoms with van der Waals surface area (Å²) in [6.07, 6.45) is -4.56. The molecule has 0 aromatic carbocycles. The minimum Gasteiger partial charge on any atom is -0.301 e. The lowest BCUT2D eigenvalue weighted by atomic mass is 10.2. The summed E-state index contributed by atoms with van der Waals surface area (Å²) in [6.45, 7) is 1.06. The van der Waals surface area contributed by atoms with Crippen LogP contribution in [0.25, 0.3) is 0 Å². The number of hydrogen-bond donors (Lipinski definition) is 1. The molecule has 0 aliphatic rings. The second-order valence-corrected chi connectivity index (χ2v) is 1.64. The third-order valence-electron chi connectivity index (χ3n) is 0.900. The maximum absolute atomic E-state index is 11.6. The van der Waals surface area contributed by atoms with Gasteiger partial charge in [0.2, 0.25) is 6.43 Å². The molecule has 1 nitrogen and oxygen atoms in total. The zero-order chi connectivity index (χ0) is 6.73. The van der Waals surface area contributed by atoms with Crippen LogP contribution in [0.3, 0.4) is 0 Å². The highest BCUT2D eigenvalue weighted by molar-refractivity contribution is 4.58. The monoisotopic (exact) mass is 127 g/mol. The van der Waals surface area contributed by atoms with Gasteiger partial charge in [-0.25, -0.2) is 13.2 Å². The van der Waals surface area contributed by atoms with Crippen molar-refractivity contribution in [2.75, 3.05) is 0 Å². The van der Waals surface area contributed by atoms with Gasteiger partial charge < -0.3 is 5.73 Å². The van der Waals surface area contributed by atoms with Gasteiger partial charge in [0.15, 0.2) is 6.30 Å². The van der Waals surface area contributed by atoms with Gasteiger partial charge in [0, 0.05) is 0 Å². The molecule has 2 atom stereocenters. The fourth-order valence-corrected chi connectivity index (χ4v) is 0.139. The molecule has 0 saturated heterocycles. The molecule has 0 aliphatic carbocycles. The SMILES string of the molecule is CC(C(N)F)C(F)F. The molecular formula is C4H8F3N. The Bertz CT molecular complexity index is 56.3. The Morgan fingerprint density at radius 3 is 1.62 bits per heavy atom. The van der Waals surface area contributed by atoms with Crippen LogP contribution in [-0.2, 0) is 0 Å². The quantitative estimate of drug-likeness (QED) is 0.553. The standard InChI is InChI=1S/C4H8F3N/c1-2(3(5)6)4(7)8/h2-4H,8H2,1H3. The topological polar surface area (TPSA) is 26.0 Å². The van der Waals surface area contributed by atoms with Crippen molar-refractivity contribution in [1.82, 2.24) is 0 Å². The Morgan fingerprint density at radius 1 is 1.25 bits per heavy atom. The molecule has 0 fully saturated rings. The summed E-state index contributed by atoms with van der Waals surface area (Å²) in [7, 11) is 0. The molecule has 8 heavy (non-hydrogen) atoms. The summed E-state index contributed by atoms with van der Waals surface area (Å²) in [4.78, 5) is 0. The van der Waals surface area contributed by atoms with E-state index >= 15 is 0 Å². The first kappa shape index (κ1) is 7.75. The minimum atomic E-state index is -2.66. The van der Waals surface area contributed by atoms with Crippen LogP contribution >= 0.6 is 0 Å². The second-order valence-electron chi connectivity index (χ2n) is 1.64. The summed E-state index contributed by atoms with van der Waals surface area (Å²) in [5.41, 5.74) is 4.49. The van der Waals surface area contributed by atoms with Gasteiger partial charge >= 0.3 is 0 Å². The van der Waals surface area contributed by atoms with E-state index in [1.165, 1.54) is 0 Å². The first-order chi connectivity index (χ1) is 3.55. The van der Waals surface area contributed by atoms with E-state index in [4.69, 9.17) is 0 Å². The van der Waals surface area contributed by atoms with Gasteiger partial charge in [-0.3, -0.25) is 0 Å². The highest BCUT2D eigenvalue weighted by Crippen LogP contribution is 2.11. The van der Waals surface area contributed by atoms with Crippen molar-refractivity contribution >= 4 is 0 Å². The second kappa shape index (κ2) is 2.91. The van der Waals surface area contributed by atoms with Crippen molar-refractivity contribution in [1.29, 1.82) is 0 Å². The van der Waals surface area contributed by atoms with Crippen LogP contribution in [0.2, 0.25) is 0 Å². The largest absolute Gasteiger partial charge is 0.301 e. The van der Waals surface area contributed by atoms with Crippen LogP contribution in [-0.4, -0.2) is 12.7 Å². The van der Waals surface area contributed by atoms with E-state index < -0.39 is 18.6 Å². The lowest BCUT2D eigenvalue weighted by Gasteiger charge is -2.09. The lowest BCUT2D eigenvalue weighted by molar-refractivity contribution is 0.0412. The van der Waals surface area contributed by atoms with E-state index in [0.29, 0.717) is 0 Å². The lowest BCUT2D eigenvalue weighted by Crippen LogP contribution is -2.27. The van der Waals surface area contributed by atoms with Gasteiger partial charge in [-0.15, -0.1) is 0 Å². The van der Waals surface area contributed by atoms with Crippen molar-refractivity contribution in [3.63, 3.8) is 0 Å². The van der Waals surface area contributed by atoms with Gasteiger partial charge in [-0.1, -0.05) is 6.92 Å². The number of alkyl halides is 3. The molecule has 4 heteroatoms. The van der Waals surface area contributed by atoms with E-state index in [1.807, 2.05) is 0 Å². The van der Waals surface area contributed by atoms with Crippen LogP contribution in [0.15, 0.2) is 0 Å². The maximum atomic E-state index is 11.6. The van der Waals surface area contributed by atoms with Crippen LogP contribution < -0.4 is 5.73 Å². The molecular weight excluding hydrogens is 119 g/mol. The fraction of sp³-hybridized carbons (Fsp3) is 1.00. The number of rotatable bonds is 2. The van der Waals surface area contributed by atoms with E-state index in [-0.39, 0.29) is 0 Å². The van der Waals surface area contributed by atoms with Gasteiger partial charge in [0.25, 0.3) is 0 Å². The van der Waals surface area contributed by atoms with E-state index in [0.717, 1.165) is 6.92 Å². The first-order valence-electron chi connectivity index (χ1n) is 2.23. The maximum Gasteiger partial charge on any atom is 0.245 e. The zero-order valence-electron chi connectivity index (χ0n) is 4.44. The molecule has 0 spiro atoms. The van der Waals surface area contributed by atoms with Gasteiger partial charge in [-0.2, -0.15) is 0 Å². The normalized spacial score (nSPS) is 18.8.